The van der Waals surface area contributed by atoms with Gasteiger partial charge in [0.05, 0.1) is 30.5 Å². The van der Waals surface area contributed by atoms with Crippen molar-refractivity contribution in [2.24, 2.45) is 0 Å². The Hall–Kier alpha value is -1.62. The molecule has 0 aliphatic carbocycles. The largest absolute Gasteiger partial charge is 0.378 e. The Balaban J connectivity index is 2.05. The minimum atomic E-state index is -0.201. The Labute approximate surface area is 92.0 Å². The fourth-order valence-corrected chi connectivity index (χ4v) is 1.99. The van der Waals surface area contributed by atoms with Crippen molar-refractivity contribution in [3.8, 4) is 0 Å². The topological polar surface area (TPSA) is 41.1 Å². The van der Waals surface area contributed by atoms with E-state index in [4.69, 9.17) is 4.74 Å². The zero-order chi connectivity index (χ0) is 11.0. The van der Waals surface area contributed by atoms with Crippen LogP contribution >= 0.6 is 0 Å². The summed E-state index contributed by atoms with van der Waals surface area (Å²) in [6, 6.07) is 1.71. The number of aromatic nitrogens is 2. The molecule has 2 aromatic rings. The van der Waals surface area contributed by atoms with Crippen LogP contribution in [-0.4, -0.2) is 36.3 Å². The van der Waals surface area contributed by atoms with Gasteiger partial charge in [0.2, 0.25) is 0 Å². The molecule has 0 bridgehead atoms. The molecule has 2 aromatic heterocycles. The molecule has 0 atom stereocenters. The molecule has 3 heterocycles. The van der Waals surface area contributed by atoms with E-state index in [1.807, 2.05) is 4.90 Å². The van der Waals surface area contributed by atoms with Gasteiger partial charge in [-0.2, -0.15) is 0 Å². The lowest BCUT2D eigenvalue weighted by Gasteiger charge is -2.28. The second kappa shape index (κ2) is 3.75. The Morgan fingerprint density at radius 3 is 3.00 bits per heavy atom. The molecular weight excluding hydrogens is 209 g/mol. The van der Waals surface area contributed by atoms with Gasteiger partial charge < -0.3 is 14.6 Å². The molecule has 0 saturated carbocycles. The van der Waals surface area contributed by atoms with E-state index in [-0.39, 0.29) is 5.82 Å². The summed E-state index contributed by atoms with van der Waals surface area (Å²) in [5, 5.41) is 0.545. The van der Waals surface area contributed by atoms with Gasteiger partial charge in [-0.25, -0.2) is 9.37 Å². The maximum atomic E-state index is 14.1. The number of halogens is 1. The molecule has 0 spiro atoms. The van der Waals surface area contributed by atoms with Crippen molar-refractivity contribution >= 4 is 16.7 Å². The second-order valence-electron chi connectivity index (χ2n) is 3.80. The number of rotatable bonds is 1. The van der Waals surface area contributed by atoms with E-state index in [0.29, 0.717) is 43.0 Å². The van der Waals surface area contributed by atoms with Crippen LogP contribution in [0, 0.1) is 5.82 Å². The van der Waals surface area contributed by atoms with Gasteiger partial charge in [0.15, 0.2) is 5.82 Å². The van der Waals surface area contributed by atoms with E-state index in [0.717, 1.165) is 0 Å². The molecule has 0 radical (unpaired) electrons. The van der Waals surface area contributed by atoms with Crippen molar-refractivity contribution in [3.63, 3.8) is 0 Å². The highest BCUT2D eigenvalue weighted by Crippen LogP contribution is 2.25. The molecule has 4 nitrogen and oxygen atoms in total. The molecule has 0 aromatic carbocycles. The molecule has 1 saturated heterocycles. The van der Waals surface area contributed by atoms with Crippen LogP contribution in [0.3, 0.4) is 0 Å². The van der Waals surface area contributed by atoms with Crippen molar-refractivity contribution in [3.05, 3.63) is 24.3 Å². The third kappa shape index (κ3) is 1.44. The first-order chi connectivity index (χ1) is 7.86. The van der Waals surface area contributed by atoms with E-state index in [2.05, 4.69) is 9.97 Å². The zero-order valence-electron chi connectivity index (χ0n) is 8.74. The molecule has 1 fully saturated rings. The smallest absolute Gasteiger partial charge is 0.159 e. The summed E-state index contributed by atoms with van der Waals surface area (Å²) >= 11 is 0. The van der Waals surface area contributed by atoms with Crippen LogP contribution in [0.2, 0.25) is 0 Å². The predicted octanol–water partition coefficient (Wildman–Crippen LogP) is 1.54. The minimum Gasteiger partial charge on any atom is -0.378 e. The normalized spacial score (nSPS) is 16.9. The Bertz CT molecular complexity index is 505. The minimum absolute atomic E-state index is 0.201. The lowest BCUT2D eigenvalue weighted by Crippen LogP contribution is -2.36. The first-order valence-electron chi connectivity index (χ1n) is 5.30. The lowest BCUT2D eigenvalue weighted by atomic mass is 10.2. The second-order valence-corrected chi connectivity index (χ2v) is 3.80. The molecule has 84 valence electrons. The van der Waals surface area contributed by atoms with Crippen LogP contribution in [0.1, 0.15) is 0 Å². The SMILES string of the molecule is Fc1c(N2CCOCC2)cnc2[nH]ccc12. The molecule has 3 rings (SSSR count). The van der Waals surface area contributed by atoms with Crippen molar-refractivity contribution in [2.75, 3.05) is 31.2 Å². The first kappa shape index (κ1) is 9.59. The van der Waals surface area contributed by atoms with Crippen molar-refractivity contribution < 1.29 is 9.13 Å². The summed E-state index contributed by atoms with van der Waals surface area (Å²) in [5.74, 6) is -0.201. The van der Waals surface area contributed by atoms with Gasteiger partial charge in [-0.1, -0.05) is 0 Å². The molecule has 16 heavy (non-hydrogen) atoms. The fraction of sp³-hybridized carbons (Fsp3) is 0.364. The van der Waals surface area contributed by atoms with Gasteiger partial charge in [-0.05, 0) is 6.07 Å². The summed E-state index contributed by atoms with van der Waals surface area (Å²) in [6.07, 6.45) is 3.28. The number of pyridine rings is 1. The highest BCUT2D eigenvalue weighted by molar-refractivity contribution is 5.80. The van der Waals surface area contributed by atoms with E-state index in [1.165, 1.54) is 0 Å². The van der Waals surface area contributed by atoms with E-state index in [1.54, 1.807) is 18.5 Å². The number of hydrogen-bond acceptors (Lipinski definition) is 3. The first-order valence-corrected chi connectivity index (χ1v) is 5.30. The number of anilines is 1. The van der Waals surface area contributed by atoms with Gasteiger partial charge in [0.1, 0.15) is 5.65 Å². The summed E-state index contributed by atoms with van der Waals surface area (Å²) in [5.41, 5.74) is 1.16. The predicted molar refractivity (Wildman–Crippen MR) is 59.1 cm³/mol. The van der Waals surface area contributed by atoms with Crippen LogP contribution in [0.4, 0.5) is 10.1 Å². The number of morpholine rings is 1. The number of nitrogens with one attached hydrogen (secondary N) is 1. The summed E-state index contributed by atoms with van der Waals surface area (Å²) in [6.45, 7) is 2.72. The van der Waals surface area contributed by atoms with Crippen LogP contribution in [0.15, 0.2) is 18.5 Å². The standard InChI is InChI=1S/C11H12FN3O/c12-10-8-1-2-13-11(8)14-7-9(10)15-3-5-16-6-4-15/h1-2,7H,3-6H2,(H,13,14). The Morgan fingerprint density at radius 1 is 1.38 bits per heavy atom. The van der Waals surface area contributed by atoms with Crippen molar-refractivity contribution in [2.45, 2.75) is 0 Å². The third-order valence-electron chi connectivity index (χ3n) is 2.85. The summed E-state index contributed by atoms with van der Waals surface area (Å²) in [4.78, 5) is 9.07. The average Bonchev–Trinajstić information content (AvgIpc) is 2.80. The van der Waals surface area contributed by atoms with Crippen LogP contribution < -0.4 is 4.90 Å². The number of hydrogen-bond donors (Lipinski definition) is 1. The number of nitrogens with zero attached hydrogens (tertiary/aromatic N) is 2. The van der Waals surface area contributed by atoms with Crippen LogP contribution in [-0.2, 0) is 4.74 Å². The van der Waals surface area contributed by atoms with Gasteiger partial charge in [-0.15, -0.1) is 0 Å². The maximum absolute atomic E-state index is 14.1. The number of fused-ring (bicyclic) bond motifs is 1. The van der Waals surface area contributed by atoms with Crippen LogP contribution in [0.25, 0.3) is 11.0 Å². The monoisotopic (exact) mass is 221 g/mol. The van der Waals surface area contributed by atoms with E-state index < -0.39 is 0 Å². The third-order valence-corrected chi connectivity index (χ3v) is 2.85. The Kier molecular flexibility index (Phi) is 2.25. The Morgan fingerprint density at radius 2 is 2.19 bits per heavy atom. The van der Waals surface area contributed by atoms with Crippen molar-refractivity contribution in [1.82, 2.24) is 9.97 Å². The number of H-pyrrole nitrogens is 1. The van der Waals surface area contributed by atoms with Gasteiger partial charge in [-0.3, -0.25) is 0 Å². The van der Waals surface area contributed by atoms with Gasteiger partial charge in [0, 0.05) is 19.3 Å². The number of ether oxygens (including phenoxy) is 1. The molecular formula is C11H12FN3O. The highest BCUT2D eigenvalue weighted by atomic mass is 19.1. The molecule has 1 aliphatic heterocycles. The summed E-state index contributed by atoms with van der Waals surface area (Å²) in [7, 11) is 0. The number of aromatic amines is 1. The quantitative estimate of drug-likeness (QED) is 0.794. The highest BCUT2D eigenvalue weighted by Gasteiger charge is 2.17. The molecule has 1 N–H and O–H groups in total. The van der Waals surface area contributed by atoms with E-state index >= 15 is 0 Å². The molecule has 0 unspecified atom stereocenters. The average molecular weight is 221 g/mol. The van der Waals surface area contributed by atoms with Gasteiger partial charge in [0.25, 0.3) is 0 Å². The molecule has 1 aliphatic rings. The van der Waals surface area contributed by atoms with Crippen LogP contribution in [0.5, 0.6) is 0 Å². The molecule has 0 amide bonds. The zero-order valence-corrected chi connectivity index (χ0v) is 8.74. The van der Waals surface area contributed by atoms with Crippen molar-refractivity contribution in [1.29, 1.82) is 0 Å². The lowest BCUT2D eigenvalue weighted by molar-refractivity contribution is 0.122. The molecule has 5 heteroatoms. The van der Waals surface area contributed by atoms with Gasteiger partial charge >= 0.3 is 0 Å². The van der Waals surface area contributed by atoms with E-state index in [9.17, 15) is 4.39 Å². The maximum Gasteiger partial charge on any atom is 0.159 e. The summed E-state index contributed by atoms with van der Waals surface area (Å²) < 4.78 is 19.4. The fourth-order valence-electron chi connectivity index (χ4n) is 1.99.